The predicted molar refractivity (Wildman–Crippen MR) is 65.4 cm³/mol. The van der Waals surface area contributed by atoms with E-state index in [0.717, 1.165) is 31.7 Å². The van der Waals surface area contributed by atoms with Crippen molar-refractivity contribution in [3.05, 3.63) is 34.8 Å². The first-order chi connectivity index (χ1) is 7.86. The minimum Gasteiger partial charge on any atom is -0.337 e. The molecule has 86 valence electrons. The molecule has 2 aromatic heterocycles. The van der Waals surface area contributed by atoms with Crippen molar-refractivity contribution >= 4 is 11.3 Å². The van der Waals surface area contributed by atoms with E-state index in [0.29, 0.717) is 0 Å². The number of aromatic nitrogens is 3. The number of hydrogen-bond acceptors (Lipinski definition) is 4. The Kier molecular flexibility index (Phi) is 4.07. The van der Waals surface area contributed by atoms with E-state index in [9.17, 15) is 0 Å². The van der Waals surface area contributed by atoms with E-state index in [1.807, 2.05) is 24.2 Å². The maximum absolute atomic E-state index is 4.22. The predicted octanol–water partition coefficient (Wildman–Crippen LogP) is 1.83. The minimum absolute atomic E-state index is 0.931. The van der Waals surface area contributed by atoms with Gasteiger partial charge in [0.1, 0.15) is 0 Å². The fourth-order valence-corrected chi connectivity index (χ4v) is 2.25. The summed E-state index contributed by atoms with van der Waals surface area (Å²) in [5.41, 5.74) is 3.05. The van der Waals surface area contributed by atoms with Crippen LogP contribution in [0.5, 0.6) is 0 Å². The molecule has 0 aromatic carbocycles. The average Bonchev–Trinajstić information content (AvgIpc) is 2.90. The van der Waals surface area contributed by atoms with Crippen molar-refractivity contribution in [2.24, 2.45) is 0 Å². The molecule has 2 heterocycles. The molecule has 5 heteroatoms. The molecule has 0 bridgehead atoms. The number of nitrogens with zero attached hydrogens (tertiary/aromatic N) is 3. The Bertz CT molecular complexity index is 407. The average molecular weight is 236 g/mol. The van der Waals surface area contributed by atoms with Crippen LogP contribution in [0.3, 0.4) is 0 Å². The van der Waals surface area contributed by atoms with Gasteiger partial charge < -0.3 is 9.88 Å². The van der Waals surface area contributed by atoms with Gasteiger partial charge in [-0.2, -0.15) is 0 Å². The van der Waals surface area contributed by atoms with Crippen molar-refractivity contribution in [1.29, 1.82) is 0 Å². The first-order valence-electron chi connectivity index (χ1n) is 5.41. The number of hydrogen-bond donors (Lipinski definition) is 1. The van der Waals surface area contributed by atoms with Crippen LogP contribution in [0, 0.1) is 6.92 Å². The first kappa shape index (κ1) is 11.3. The SMILES string of the molecule is Cc1ncsc1CNCCCn1ccnc1. The molecule has 1 N–H and O–H groups in total. The molecule has 0 amide bonds. The first-order valence-corrected chi connectivity index (χ1v) is 6.29. The van der Waals surface area contributed by atoms with E-state index < -0.39 is 0 Å². The summed E-state index contributed by atoms with van der Waals surface area (Å²) in [6.07, 6.45) is 6.78. The van der Waals surface area contributed by atoms with Crippen molar-refractivity contribution in [2.75, 3.05) is 6.54 Å². The van der Waals surface area contributed by atoms with E-state index in [-0.39, 0.29) is 0 Å². The topological polar surface area (TPSA) is 42.7 Å². The van der Waals surface area contributed by atoms with E-state index in [2.05, 4.69) is 26.8 Å². The van der Waals surface area contributed by atoms with Gasteiger partial charge in [0, 0.05) is 30.4 Å². The standard InChI is InChI=1S/C11H16N4S/c1-10-11(16-9-14-10)7-12-3-2-5-15-6-4-13-8-15/h4,6,8-9,12H,2-3,5,7H2,1H3. The molecular formula is C11H16N4S. The third kappa shape index (κ3) is 3.15. The van der Waals surface area contributed by atoms with E-state index in [1.54, 1.807) is 11.3 Å². The summed E-state index contributed by atoms with van der Waals surface area (Å²) in [6, 6.07) is 0. The number of aryl methyl sites for hydroxylation is 2. The highest BCUT2D eigenvalue weighted by Gasteiger charge is 1.99. The highest BCUT2D eigenvalue weighted by Crippen LogP contribution is 2.10. The molecule has 0 fully saturated rings. The molecule has 2 rings (SSSR count). The summed E-state index contributed by atoms with van der Waals surface area (Å²) in [7, 11) is 0. The third-order valence-electron chi connectivity index (χ3n) is 2.46. The van der Waals surface area contributed by atoms with Gasteiger partial charge in [-0.25, -0.2) is 9.97 Å². The molecular weight excluding hydrogens is 220 g/mol. The van der Waals surface area contributed by atoms with Crippen molar-refractivity contribution in [3.8, 4) is 0 Å². The second-order valence-electron chi connectivity index (χ2n) is 3.69. The van der Waals surface area contributed by atoms with Gasteiger partial charge in [0.25, 0.3) is 0 Å². The molecule has 0 radical (unpaired) electrons. The Labute approximate surface area is 99.4 Å². The molecule has 0 unspecified atom stereocenters. The maximum Gasteiger partial charge on any atom is 0.0945 e. The van der Waals surface area contributed by atoms with Gasteiger partial charge in [-0.05, 0) is 19.9 Å². The van der Waals surface area contributed by atoms with Crippen LogP contribution in [0.15, 0.2) is 24.2 Å². The molecule has 0 saturated carbocycles. The molecule has 0 aliphatic carbocycles. The number of rotatable bonds is 6. The molecule has 0 atom stereocenters. The zero-order chi connectivity index (χ0) is 11.2. The quantitative estimate of drug-likeness (QED) is 0.778. The third-order valence-corrected chi connectivity index (χ3v) is 3.39. The monoisotopic (exact) mass is 236 g/mol. The normalized spacial score (nSPS) is 10.8. The van der Waals surface area contributed by atoms with Crippen molar-refractivity contribution < 1.29 is 0 Å². The summed E-state index contributed by atoms with van der Waals surface area (Å²) >= 11 is 1.72. The van der Waals surface area contributed by atoms with E-state index >= 15 is 0 Å². The summed E-state index contributed by atoms with van der Waals surface area (Å²) in [4.78, 5) is 9.57. The number of imidazole rings is 1. The zero-order valence-electron chi connectivity index (χ0n) is 9.39. The Morgan fingerprint density at radius 1 is 1.50 bits per heavy atom. The lowest BCUT2D eigenvalue weighted by Crippen LogP contribution is -2.16. The van der Waals surface area contributed by atoms with Crippen molar-refractivity contribution in [3.63, 3.8) is 0 Å². The number of thiazole rings is 1. The fraction of sp³-hybridized carbons (Fsp3) is 0.455. The lowest BCUT2D eigenvalue weighted by Gasteiger charge is -2.04. The minimum atomic E-state index is 0.931. The van der Waals surface area contributed by atoms with Crippen molar-refractivity contribution in [1.82, 2.24) is 19.9 Å². The Morgan fingerprint density at radius 2 is 2.44 bits per heavy atom. The Morgan fingerprint density at radius 3 is 3.12 bits per heavy atom. The van der Waals surface area contributed by atoms with Crippen LogP contribution in [0.25, 0.3) is 0 Å². The molecule has 0 spiro atoms. The summed E-state index contributed by atoms with van der Waals surface area (Å²) < 4.78 is 2.10. The molecule has 4 nitrogen and oxygen atoms in total. The molecule has 0 aliphatic rings. The van der Waals surface area contributed by atoms with Crippen LogP contribution >= 0.6 is 11.3 Å². The van der Waals surface area contributed by atoms with Crippen LogP contribution in [-0.2, 0) is 13.1 Å². The lowest BCUT2D eigenvalue weighted by molar-refractivity contribution is 0.582. The van der Waals surface area contributed by atoms with Gasteiger partial charge >= 0.3 is 0 Å². The zero-order valence-corrected chi connectivity index (χ0v) is 10.2. The molecule has 0 aliphatic heterocycles. The summed E-state index contributed by atoms with van der Waals surface area (Å²) in [5, 5.41) is 3.43. The highest BCUT2D eigenvalue weighted by atomic mass is 32.1. The van der Waals surface area contributed by atoms with Crippen LogP contribution in [0.1, 0.15) is 17.0 Å². The van der Waals surface area contributed by atoms with Crippen LogP contribution in [-0.4, -0.2) is 21.1 Å². The van der Waals surface area contributed by atoms with Gasteiger partial charge in [0.05, 0.1) is 17.5 Å². The highest BCUT2D eigenvalue weighted by molar-refractivity contribution is 7.09. The molecule has 0 saturated heterocycles. The fourth-order valence-electron chi connectivity index (χ4n) is 1.50. The van der Waals surface area contributed by atoms with Crippen molar-refractivity contribution in [2.45, 2.75) is 26.4 Å². The van der Waals surface area contributed by atoms with Gasteiger partial charge in [-0.15, -0.1) is 11.3 Å². The van der Waals surface area contributed by atoms with Crippen LogP contribution in [0.4, 0.5) is 0 Å². The Hall–Kier alpha value is -1.20. The lowest BCUT2D eigenvalue weighted by atomic mass is 10.3. The summed E-state index contributed by atoms with van der Waals surface area (Å²) in [5.74, 6) is 0. The maximum atomic E-state index is 4.22. The second kappa shape index (κ2) is 5.77. The van der Waals surface area contributed by atoms with Crippen LogP contribution in [0.2, 0.25) is 0 Å². The number of nitrogens with one attached hydrogen (secondary N) is 1. The molecule has 16 heavy (non-hydrogen) atoms. The van der Waals surface area contributed by atoms with Crippen LogP contribution < -0.4 is 5.32 Å². The van der Waals surface area contributed by atoms with Gasteiger partial charge in [0.2, 0.25) is 0 Å². The molecule has 2 aromatic rings. The smallest absolute Gasteiger partial charge is 0.0945 e. The van der Waals surface area contributed by atoms with Gasteiger partial charge in [-0.3, -0.25) is 0 Å². The summed E-state index contributed by atoms with van der Waals surface area (Å²) in [6.45, 7) is 5.03. The van der Waals surface area contributed by atoms with E-state index in [1.165, 1.54) is 4.88 Å². The second-order valence-corrected chi connectivity index (χ2v) is 4.63. The van der Waals surface area contributed by atoms with Gasteiger partial charge in [0.15, 0.2) is 0 Å². The van der Waals surface area contributed by atoms with Gasteiger partial charge in [-0.1, -0.05) is 0 Å². The Balaban J connectivity index is 1.61. The van der Waals surface area contributed by atoms with E-state index in [4.69, 9.17) is 0 Å². The largest absolute Gasteiger partial charge is 0.337 e.